The Bertz CT molecular complexity index is 1040. The minimum Gasteiger partial charge on any atom is -0.457 e. The molecular weight excluding hydrogens is 425 g/mol. The highest BCUT2D eigenvalue weighted by atomic mass is 35.5. The molecule has 0 atom stereocenters. The first-order valence-corrected chi connectivity index (χ1v) is 8.88. The van der Waals surface area contributed by atoms with Gasteiger partial charge in [0.1, 0.15) is 28.7 Å². The number of urea groups is 1. The lowest BCUT2D eigenvalue weighted by atomic mass is 10.2. The summed E-state index contributed by atoms with van der Waals surface area (Å²) in [6.45, 7) is 0. The summed E-state index contributed by atoms with van der Waals surface area (Å²) >= 11 is 11.8. The highest BCUT2D eigenvalue weighted by Crippen LogP contribution is 2.28. The zero-order valence-corrected chi connectivity index (χ0v) is 16.0. The Labute approximate surface area is 174 Å². The molecule has 0 saturated heterocycles. The predicted molar refractivity (Wildman–Crippen MR) is 106 cm³/mol. The Morgan fingerprint density at radius 3 is 2.00 bits per heavy atom. The van der Waals surface area contributed by atoms with Crippen LogP contribution in [0.3, 0.4) is 0 Å². The van der Waals surface area contributed by atoms with Crippen molar-refractivity contribution in [3.8, 4) is 11.5 Å². The van der Waals surface area contributed by atoms with Gasteiger partial charge in [-0.25, -0.2) is 13.6 Å². The van der Waals surface area contributed by atoms with Gasteiger partial charge in [-0.15, -0.1) is 0 Å². The van der Waals surface area contributed by atoms with Gasteiger partial charge in [0, 0.05) is 15.7 Å². The molecule has 0 bridgehead atoms. The molecule has 0 aliphatic heterocycles. The van der Waals surface area contributed by atoms with Gasteiger partial charge in [-0.1, -0.05) is 29.3 Å². The van der Waals surface area contributed by atoms with E-state index in [0.717, 1.165) is 18.2 Å². The number of anilines is 1. The second kappa shape index (κ2) is 8.89. The predicted octanol–water partition coefficient (Wildman–Crippen LogP) is 6.03. The van der Waals surface area contributed by atoms with E-state index in [2.05, 4.69) is 5.32 Å². The molecule has 3 aromatic rings. The van der Waals surface area contributed by atoms with Gasteiger partial charge in [0.2, 0.25) is 0 Å². The molecular formula is C20H12Cl2F2N2O3. The number of hydrogen-bond acceptors (Lipinski definition) is 3. The Morgan fingerprint density at radius 1 is 0.828 bits per heavy atom. The standard InChI is InChI=1S/C20H12Cl2F2N2O3/c21-11-8-12(22)10-15(9-11)29-14-6-4-13(5-7-14)25-20(28)26-19(27)18-16(23)2-1-3-17(18)24/h1-10H,(H2,25,26,27,28). The van der Waals surface area contributed by atoms with E-state index in [0.29, 0.717) is 27.2 Å². The van der Waals surface area contributed by atoms with Crippen molar-refractivity contribution in [1.82, 2.24) is 5.32 Å². The molecule has 0 radical (unpaired) electrons. The van der Waals surface area contributed by atoms with Crippen LogP contribution in [-0.4, -0.2) is 11.9 Å². The van der Waals surface area contributed by atoms with E-state index in [1.165, 1.54) is 12.1 Å². The lowest BCUT2D eigenvalue weighted by molar-refractivity contribution is 0.0959. The smallest absolute Gasteiger partial charge is 0.326 e. The van der Waals surface area contributed by atoms with Crippen molar-refractivity contribution >= 4 is 40.8 Å². The summed E-state index contributed by atoms with van der Waals surface area (Å²) < 4.78 is 32.8. The SMILES string of the molecule is O=C(NC(=O)c1c(F)cccc1F)Nc1ccc(Oc2cc(Cl)cc(Cl)c2)cc1. The molecule has 9 heteroatoms. The average Bonchev–Trinajstić information content (AvgIpc) is 2.62. The number of benzene rings is 3. The van der Waals surface area contributed by atoms with Crippen LogP contribution in [0.25, 0.3) is 0 Å². The average molecular weight is 437 g/mol. The van der Waals surface area contributed by atoms with Crippen LogP contribution in [0, 0.1) is 11.6 Å². The van der Waals surface area contributed by atoms with Crippen molar-refractivity contribution in [1.29, 1.82) is 0 Å². The Balaban J connectivity index is 1.62. The van der Waals surface area contributed by atoms with Gasteiger partial charge < -0.3 is 10.1 Å². The van der Waals surface area contributed by atoms with Gasteiger partial charge in [-0.2, -0.15) is 0 Å². The third kappa shape index (κ3) is 5.43. The number of amides is 3. The molecule has 0 aliphatic carbocycles. The van der Waals surface area contributed by atoms with Crippen LogP contribution >= 0.6 is 23.2 Å². The van der Waals surface area contributed by atoms with Gasteiger partial charge in [0.25, 0.3) is 5.91 Å². The van der Waals surface area contributed by atoms with Gasteiger partial charge in [-0.3, -0.25) is 10.1 Å². The van der Waals surface area contributed by atoms with Crippen molar-refractivity contribution in [2.24, 2.45) is 0 Å². The molecule has 0 aromatic heterocycles. The van der Waals surface area contributed by atoms with Crippen molar-refractivity contribution in [3.05, 3.63) is 87.9 Å². The third-order valence-corrected chi connectivity index (χ3v) is 4.04. The number of hydrogen-bond donors (Lipinski definition) is 2. The first kappa shape index (κ1) is 20.6. The van der Waals surface area contributed by atoms with E-state index in [-0.39, 0.29) is 0 Å². The number of halogens is 4. The minimum absolute atomic E-state index is 0.320. The van der Waals surface area contributed by atoms with E-state index < -0.39 is 29.1 Å². The minimum atomic E-state index is -1.20. The molecule has 0 aliphatic rings. The van der Waals surface area contributed by atoms with Gasteiger partial charge in [0.15, 0.2) is 0 Å². The molecule has 3 rings (SSSR count). The summed E-state index contributed by atoms with van der Waals surface area (Å²) in [6.07, 6.45) is 0. The molecule has 3 aromatic carbocycles. The maximum atomic E-state index is 13.6. The van der Waals surface area contributed by atoms with Gasteiger partial charge >= 0.3 is 6.03 Å². The normalized spacial score (nSPS) is 10.3. The van der Waals surface area contributed by atoms with Gasteiger partial charge in [0.05, 0.1) is 0 Å². The third-order valence-electron chi connectivity index (χ3n) is 3.60. The maximum absolute atomic E-state index is 13.6. The molecule has 148 valence electrons. The highest BCUT2D eigenvalue weighted by molar-refractivity contribution is 6.34. The van der Waals surface area contributed by atoms with Crippen molar-refractivity contribution < 1.29 is 23.1 Å². The van der Waals surface area contributed by atoms with Crippen LogP contribution in [0.5, 0.6) is 11.5 Å². The van der Waals surface area contributed by atoms with Gasteiger partial charge in [-0.05, 0) is 54.6 Å². The summed E-state index contributed by atoms with van der Waals surface area (Å²) in [7, 11) is 0. The number of rotatable bonds is 4. The summed E-state index contributed by atoms with van der Waals surface area (Å²) in [6, 6.07) is 12.9. The fraction of sp³-hybridized carbons (Fsp3) is 0. The zero-order chi connectivity index (χ0) is 21.0. The summed E-state index contributed by atoms with van der Waals surface area (Å²) in [5.74, 6) is -2.47. The Hall–Kier alpha value is -3.16. The number of carbonyl (C=O) groups is 2. The summed E-state index contributed by atoms with van der Waals surface area (Å²) in [5, 5.41) is 5.07. The van der Waals surface area contributed by atoms with Crippen LogP contribution in [0.2, 0.25) is 10.0 Å². The molecule has 5 nitrogen and oxygen atoms in total. The Morgan fingerprint density at radius 2 is 1.41 bits per heavy atom. The van der Waals surface area contributed by atoms with E-state index in [1.54, 1.807) is 30.3 Å². The topological polar surface area (TPSA) is 67.4 Å². The number of imide groups is 1. The molecule has 0 saturated carbocycles. The second-order valence-electron chi connectivity index (χ2n) is 5.74. The summed E-state index contributed by atoms with van der Waals surface area (Å²) in [4.78, 5) is 23.8. The molecule has 0 spiro atoms. The molecule has 2 N–H and O–H groups in total. The maximum Gasteiger partial charge on any atom is 0.326 e. The van der Waals surface area contributed by atoms with Crippen molar-refractivity contribution in [2.45, 2.75) is 0 Å². The van der Waals surface area contributed by atoms with Crippen LogP contribution < -0.4 is 15.4 Å². The largest absolute Gasteiger partial charge is 0.457 e. The van der Waals surface area contributed by atoms with Crippen LogP contribution in [0.4, 0.5) is 19.3 Å². The second-order valence-corrected chi connectivity index (χ2v) is 6.61. The van der Waals surface area contributed by atoms with E-state index in [9.17, 15) is 18.4 Å². The van der Waals surface area contributed by atoms with Crippen LogP contribution in [0.15, 0.2) is 60.7 Å². The fourth-order valence-corrected chi connectivity index (χ4v) is 2.88. The first-order chi connectivity index (χ1) is 13.8. The quantitative estimate of drug-likeness (QED) is 0.524. The van der Waals surface area contributed by atoms with E-state index in [1.807, 2.05) is 5.32 Å². The molecule has 29 heavy (non-hydrogen) atoms. The van der Waals surface area contributed by atoms with E-state index in [4.69, 9.17) is 27.9 Å². The van der Waals surface area contributed by atoms with E-state index >= 15 is 0 Å². The summed E-state index contributed by atoms with van der Waals surface area (Å²) in [5.41, 5.74) is -0.521. The lowest BCUT2D eigenvalue weighted by Gasteiger charge is -2.10. The fourth-order valence-electron chi connectivity index (χ4n) is 2.37. The number of nitrogens with one attached hydrogen (secondary N) is 2. The molecule has 0 unspecified atom stereocenters. The molecule has 0 heterocycles. The first-order valence-electron chi connectivity index (χ1n) is 8.12. The van der Waals surface area contributed by atoms with Crippen LogP contribution in [0.1, 0.15) is 10.4 Å². The van der Waals surface area contributed by atoms with Crippen LogP contribution in [-0.2, 0) is 0 Å². The monoisotopic (exact) mass is 436 g/mol. The van der Waals surface area contributed by atoms with Crippen molar-refractivity contribution in [3.63, 3.8) is 0 Å². The molecule has 0 fully saturated rings. The Kier molecular flexibility index (Phi) is 6.31. The lowest BCUT2D eigenvalue weighted by Crippen LogP contribution is -2.35. The number of ether oxygens (including phenoxy) is 1. The highest BCUT2D eigenvalue weighted by Gasteiger charge is 2.19. The van der Waals surface area contributed by atoms with Crippen molar-refractivity contribution in [2.75, 3.05) is 5.32 Å². The zero-order valence-electron chi connectivity index (χ0n) is 14.5. The number of carbonyl (C=O) groups excluding carboxylic acids is 2. The molecule has 3 amide bonds.